The number of nitrogens with zero attached hydrogens (tertiary/aromatic N) is 1. The van der Waals surface area contributed by atoms with Crippen molar-refractivity contribution in [3.8, 4) is 5.75 Å². The second-order valence-electron chi connectivity index (χ2n) is 7.13. The summed E-state index contributed by atoms with van der Waals surface area (Å²) in [6.07, 6.45) is 1.45. The largest absolute Gasteiger partial charge is 0.481 e. The third kappa shape index (κ3) is 1.29. The van der Waals surface area contributed by atoms with Gasteiger partial charge in [0.05, 0.1) is 22.6 Å². The number of ether oxygens (including phenoxy) is 1. The summed E-state index contributed by atoms with van der Waals surface area (Å²) in [5.74, 6) is 0.432. The van der Waals surface area contributed by atoms with E-state index in [1.54, 1.807) is 6.07 Å². The van der Waals surface area contributed by atoms with Gasteiger partial charge in [0.15, 0.2) is 18.2 Å². The van der Waals surface area contributed by atoms with E-state index in [4.69, 9.17) is 4.74 Å². The highest BCUT2D eigenvalue weighted by atomic mass is 16.5. The highest BCUT2D eigenvalue weighted by Gasteiger charge is 2.73. The molecule has 0 aromatic heterocycles. The normalized spacial score (nSPS) is 40.5. The van der Waals surface area contributed by atoms with Crippen molar-refractivity contribution in [2.75, 3.05) is 6.54 Å². The molecule has 23 heavy (non-hydrogen) atoms. The summed E-state index contributed by atoms with van der Waals surface area (Å²) in [4.78, 5) is 23.9. The van der Waals surface area contributed by atoms with Gasteiger partial charge in [-0.3, -0.25) is 9.59 Å². The van der Waals surface area contributed by atoms with Crippen molar-refractivity contribution in [3.05, 3.63) is 28.8 Å². The Kier molecular flexibility index (Phi) is 2.38. The van der Waals surface area contributed by atoms with Gasteiger partial charge >= 0.3 is 0 Å². The smallest absolute Gasteiger partial charge is 0.174 e. The Labute approximate surface area is 132 Å². The molecule has 1 saturated heterocycles. The Morgan fingerprint density at radius 2 is 2.17 bits per heavy atom. The van der Waals surface area contributed by atoms with E-state index in [2.05, 4.69) is 0 Å². The molecule has 2 N–H and O–H groups in total. The second kappa shape index (κ2) is 4.01. The fourth-order valence-corrected chi connectivity index (χ4v) is 5.43. The number of ketones is 1. The number of benzene rings is 1. The van der Waals surface area contributed by atoms with Crippen LogP contribution in [0.1, 0.15) is 40.7 Å². The van der Waals surface area contributed by atoms with E-state index in [1.165, 1.54) is 5.06 Å². The first kappa shape index (κ1) is 13.7. The lowest BCUT2D eigenvalue weighted by Gasteiger charge is -2.61. The van der Waals surface area contributed by atoms with E-state index in [1.807, 2.05) is 6.07 Å². The van der Waals surface area contributed by atoms with Crippen molar-refractivity contribution in [2.45, 2.75) is 48.8 Å². The van der Waals surface area contributed by atoms with Gasteiger partial charge in [0.25, 0.3) is 0 Å². The molecule has 1 aromatic carbocycles. The maximum atomic E-state index is 12.5. The first-order valence-electron chi connectivity index (χ1n) is 8.02. The summed E-state index contributed by atoms with van der Waals surface area (Å²) >= 11 is 0. The Morgan fingerprint density at radius 3 is 2.96 bits per heavy atom. The second-order valence-corrected chi connectivity index (χ2v) is 7.13. The van der Waals surface area contributed by atoms with Gasteiger partial charge in [0.1, 0.15) is 5.75 Å². The van der Waals surface area contributed by atoms with E-state index >= 15 is 0 Å². The average molecular weight is 315 g/mol. The Morgan fingerprint density at radius 1 is 1.35 bits per heavy atom. The summed E-state index contributed by atoms with van der Waals surface area (Å²) in [6.45, 7) is 0.379. The van der Waals surface area contributed by atoms with E-state index in [9.17, 15) is 19.9 Å². The van der Waals surface area contributed by atoms with Crippen molar-refractivity contribution < 1.29 is 24.6 Å². The van der Waals surface area contributed by atoms with E-state index in [-0.39, 0.29) is 12.2 Å². The lowest BCUT2D eigenvalue weighted by molar-refractivity contribution is -0.257. The van der Waals surface area contributed by atoms with Crippen LogP contribution in [0.5, 0.6) is 5.75 Å². The molecule has 120 valence electrons. The molecule has 2 fully saturated rings. The molecule has 4 atom stereocenters. The molecule has 2 aliphatic heterocycles. The summed E-state index contributed by atoms with van der Waals surface area (Å²) in [5.41, 5.74) is 0.155. The van der Waals surface area contributed by atoms with E-state index in [0.29, 0.717) is 37.1 Å². The number of carbonyl (C=O) groups is 2. The minimum absolute atomic E-state index is 0.0271. The maximum absolute atomic E-state index is 12.5. The van der Waals surface area contributed by atoms with Gasteiger partial charge in [-0.25, -0.2) is 0 Å². The van der Waals surface area contributed by atoms with Crippen LogP contribution in [0, 0.1) is 0 Å². The Hall–Kier alpha value is -1.76. The van der Waals surface area contributed by atoms with Crippen LogP contribution in [0.3, 0.4) is 0 Å². The third-order valence-corrected chi connectivity index (χ3v) is 6.41. The van der Waals surface area contributed by atoms with Crippen molar-refractivity contribution in [1.82, 2.24) is 5.06 Å². The van der Waals surface area contributed by atoms with Crippen LogP contribution >= 0.6 is 0 Å². The fourth-order valence-electron chi connectivity index (χ4n) is 5.43. The van der Waals surface area contributed by atoms with Crippen LogP contribution in [0.4, 0.5) is 0 Å². The van der Waals surface area contributed by atoms with Crippen LogP contribution in [0.2, 0.25) is 0 Å². The number of rotatable bonds is 1. The van der Waals surface area contributed by atoms with Crippen molar-refractivity contribution in [2.24, 2.45) is 0 Å². The number of aliphatic hydroxyl groups is 1. The molecule has 2 aliphatic carbocycles. The van der Waals surface area contributed by atoms with Crippen LogP contribution in [-0.2, 0) is 16.6 Å². The van der Waals surface area contributed by atoms with Gasteiger partial charge in [-0.2, -0.15) is 5.06 Å². The molecule has 6 heteroatoms. The lowest BCUT2D eigenvalue weighted by Crippen LogP contribution is -2.76. The van der Waals surface area contributed by atoms with Crippen LogP contribution in [-0.4, -0.2) is 51.7 Å². The van der Waals surface area contributed by atoms with Crippen molar-refractivity contribution in [3.63, 3.8) is 0 Å². The number of carbonyl (C=O) groups excluding carboxylic acids is 2. The highest BCUT2D eigenvalue weighted by molar-refractivity contribution is 5.91. The maximum Gasteiger partial charge on any atom is 0.174 e. The van der Waals surface area contributed by atoms with Gasteiger partial charge < -0.3 is 15.1 Å². The molecular weight excluding hydrogens is 298 g/mol. The Bertz CT molecular complexity index is 762. The van der Waals surface area contributed by atoms with Gasteiger partial charge in [-0.1, -0.05) is 6.07 Å². The van der Waals surface area contributed by atoms with E-state index < -0.39 is 23.2 Å². The van der Waals surface area contributed by atoms with Gasteiger partial charge in [0, 0.05) is 18.5 Å². The molecule has 1 aromatic rings. The Balaban J connectivity index is 1.87. The third-order valence-electron chi connectivity index (χ3n) is 6.41. The van der Waals surface area contributed by atoms with Crippen molar-refractivity contribution >= 4 is 12.1 Å². The predicted octanol–water partition coefficient (Wildman–Crippen LogP) is 0.612. The molecule has 5 rings (SSSR count). The topological polar surface area (TPSA) is 87.1 Å². The number of piperidine rings is 1. The zero-order valence-corrected chi connectivity index (χ0v) is 12.5. The first-order chi connectivity index (χ1) is 11.0. The van der Waals surface area contributed by atoms with Gasteiger partial charge in [-0.15, -0.1) is 0 Å². The zero-order chi connectivity index (χ0) is 16.0. The minimum Gasteiger partial charge on any atom is -0.481 e. The SMILES string of the molecule is O=Cc1ccc2c3c1O[C@H]1C(=O)CC[C@@]4(O)[C@@H](C2)N(O)CC[C@]314. The monoisotopic (exact) mass is 315 g/mol. The fraction of sp³-hybridized carbons (Fsp3) is 0.529. The summed E-state index contributed by atoms with van der Waals surface area (Å²) in [7, 11) is 0. The lowest BCUT2D eigenvalue weighted by atomic mass is 9.49. The molecule has 6 nitrogen and oxygen atoms in total. The molecule has 0 amide bonds. The van der Waals surface area contributed by atoms with Crippen LogP contribution < -0.4 is 4.74 Å². The number of hydrogen-bond donors (Lipinski definition) is 2. The number of hydrogen-bond acceptors (Lipinski definition) is 6. The zero-order valence-electron chi connectivity index (χ0n) is 12.5. The molecule has 0 radical (unpaired) electrons. The number of Topliss-reactive ketones (excluding diaryl/α,β-unsaturated/α-hetero) is 1. The standard InChI is InChI=1S/C17H17NO5/c19-8-10-2-1-9-7-12-17(21)4-3-11(20)15-16(17,5-6-18(12)22)13(9)14(10)23-15/h1-2,8,12,15,21-22H,3-7H2/t12-,15+,16+,17-/m1/s1. The van der Waals surface area contributed by atoms with Crippen LogP contribution in [0.15, 0.2) is 12.1 Å². The molecular formula is C17H17NO5. The minimum atomic E-state index is -1.21. The molecule has 2 bridgehead atoms. The molecule has 1 spiro atoms. The van der Waals surface area contributed by atoms with Gasteiger partial charge in [-0.05, 0) is 30.9 Å². The summed E-state index contributed by atoms with van der Waals surface area (Å²) in [6, 6.07) is 3.11. The van der Waals surface area contributed by atoms with E-state index in [0.717, 1.165) is 17.4 Å². The molecule has 1 saturated carbocycles. The molecule has 4 aliphatic rings. The number of aldehydes is 1. The molecule has 0 unspecified atom stereocenters. The summed E-state index contributed by atoms with van der Waals surface area (Å²) < 4.78 is 5.97. The number of hydroxylamine groups is 2. The van der Waals surface area contributed by atoms with Gasteiger partial charge in [0.2, 0.25) is 0 Å². The first-order valence-corrected chi connectivity index (χ1v) is 8.02. The van der Waals surface area contributed by atoms with Crippen LogP contribution in [0.25, 0.3) is 0 Å². The predicted molar refractivity (Wildman–Crippen MR) is 77.7 cm³/mol. The quantitative estimate of drug-likeness (QED) is 0.739. The average Bonchev–Trinajstić information content (AvgIpc) is 2.90. The summed E-state index contributed by atoms with van der Waals surface area (Å²) in [5, 5.41) is 23.1. The molecule has 2 heterocycles. The highest BCUT2D eigenvalue weighted by Crippen LogP contribution is 2.63. The van der Waals surface area contributed by atoms with Crippen molar-refractivity contribution in [1.29, 1.82) is 0 Å².